The zero-order chi connectivity index (χ0) is 18.0. The summed E-state index contributed by atoms with van der Waals surface area (Å²) in [7, 11) is -1.10. The SMILES string of the molecule is Cc1cc(-c2cc3cnc(Cl)cc3n2COCC[Si](C)(C)C)ccn1. The van der Waals surface area contributed by atoms with Gasteiger partial charge in [0.25, 0.3) is 0 Å². The van der Waals surface area contributed by atoms with Crippen LogP contribution in [0.15, 0.2) is 36.7 Å². The predicted molar refractivity (Wildman–Crippen MR) is 107 cm³/mol. The van der Waals surface area contributed by atoms with Crippen molar-refractivity contribution in [2.45, 2.75) is 39.3 Å². The zero-order valence-electron chi connectivity index (χ0n) is 15.2. The van der Waals surface area contributed by atoms with Gasteiger partial charge in [0.05, 0.1) is 11.2 Å². The lowest BCUT2D eigenvalue weighted by Crippen LogP contribution is -2.22. The van der Waals surface area contributed by atoms with E-state index in [1.54, 1.807) is 0 Å². The molecule has 0 saturated heterocycles. The molecule has 4 nitrogen and oxygen atoms in total. The Morgan fingerprint density at radius 1 is 1.16 bits per heavy atom. The minimum absolute atomic E-state index is 0.492. The maximum Gasteiger partial charge on any atom is 0.131 e. The van der Waals surface area contributed by atoms with Crippen LogP contribution in [-0.4, -0.2) is 29.2 Å². The smallest absolute Gasteiger partial charge is 0.131 e. The second-order valence-electron chi connectivity index (χ2n) is 7.56. The molecule has 0 N–H and O–H groups in total. The number of aromatic nitrogens is 3. The molecule has 132 valence electrons. The summed E-state index contributed by atoms with van der Waals surface area (Å²) < 4.78 is 8.18. The number of halogens is 1. The van der Waals surface area contributed by atoms with Crippen molar-refractivity contribution in [2.75, 3.05) is 6.61 Å². The van der Waals surface area contributed by atoms with Crippen LogP contribution in [0.3, 0.4) is 0 Å². The minimum Gasteiger partial charge on any atom is -0.361 e. The highest BCUT2D eigenvalue weighted by Crippen LogP contribution is 2.29. The van der Waals surface area contributed by atoms with E-state index in [0.29, 0.717) is 11.9 Å². The molecule has 0 aliphatic rings. The van der Waals surface area contributed by atoms with E-state index in [4.69, 9.17) is 16.3 Å². The molecule has 0 fully saturated rings. The first-order chi connectivity index (χ1) is 11.8. The number of hydrogen-bond acceptors (Lipinski definition) is 3. The quantitative estimate of drug-likeness (QED) is 0.331. The molecule has 25 heavy (non-hydrogen) atoms. The zero-order valence-corrected chi connectivity index (χ0v) is 17.0. The molecule has 3 heterocycles. The van der Waals surface area contributed by atoms with Crippen molar-refractivity contribution in [3.8, 4) is 11.3 Å². The topological polar surface area (TPSA) is 39.9 Å². The van der Waals surface area contributed by atoms with E-state index in [1.165, 1.54) is 0 Å². The second kappa shape index (κ2) is 7.28. The average molecular weight is 374 g/mol. The van der Waals surface area contributed by atoms with Crippen LogP contribution >= 0.6 is 11.6 Å². The molecule has 0 radical (unpaired) electrons. The molecule has 0 bridgehead atoms. The Bertz CT molecular complexity index is 886. The molecule has 0 spiro atoms. The van der Waals surface area contributed by atoms with Crippen molar-refractivity contribution in [1.29, 1.82) is 0 Å². The fraction of sp³-hybridized carbons (Fsp3) is 0.368. The summed E-state index contributed by atoms with van der Waals surface area (Å²) in [5.74, 6) is 0. The van der Waals surface area contributed by atoms with Gasteiger partial charge in [-0.1, -0.05) is 31.2 Å². The van der Waals surface area contributed by atoms with E-state index in [-0.39, 0.29) is 0 Å². The van der Waals surface area contributed by atoms with Crippen LogP contribution in [0, 0.1) is 6.92 Å². The largest absolute Gasteiger partial charge is 0.361 e. The van der Waals surface area contributed by atoms with Crippen LogP contribution in [0.1, 0.15) is 5.69 Å². The molecular formula is C19H24ClN3OSi. The van der Waals surface area contributed by atoms with Gasteiger partial charge in [0.15, 0.2) is 0 Å². The van der Waals surface area contributed by atoms with Gasteiger partial charge in [-0.3, -0.25) is 4.98 Å². The van der Waals surface area contributed by atoms with Gasteiger partial charge < -0.3 is 9.30 Å². The van der Waals surface area contributed by atoms with E-state index in [9.17, 15) is 0 Å². The fourth-order valence-corrected chi connectivity index (χ4v) is 3.66. The van der Waals surface area contributed by atoms with Crippen molar-refractivity contribution in [3.63, 3.8) is 0 Å². The normalized spacial score (nSPS) is 12.0. The van der Waals surface area contributed by atoms with E-state index < -0.39 is 8.07 Å². The number of fused-ring (bicyclic) bond motifs is 1. The van der Waals surface area contributed by atoms with E-state index in [0.717, 1.165) is 40.5 Å². The summed E-state index contributed by atoms with van der Waals surface area (Å²) in [6, 6.07) is 9.29. The molecule has 0 aromatic carbocycles. The second-order valence-corrected chi connectivity index (χ2v) is 13.6. The first-order valence-corrected chi connectivity index (χ1v) is 12.6. The lowest BCUT2D eigenvalue weighted by molar-refractivity contribution is 0.0913. The maximum atomic E-state index is 6.12. The third-order valence-electron chi connectivity index (χ3n) is 4.16. The van der Waals surface area contributed by atoms with Crippen molar-refractivity contribution in [3.05, 3.63) is 47.5 Å². The van der Waals surface area contributed by atoms with Gasteiger partial charge in [-0.25, -0.2) is 4.98 Å². The monoisotopic (exact) mass is 373 g/mol. The molecular weight excluding hydrogens is 350 g/mol. The average Bonchev–Trinajstić information content (AvgIpc) is 2.88. The van der Waals surface area contributed by atoms with Gasteiger partial charge in [0, 0.05) is 43.7 Å². The van der Waals surface area contributed by atoms with Gasteiger partial charge in [-0.2, -0.15) is 0 Å². The van der Waals surface area contributed by atoms with Crippen molar-refractivity contribution < 1.29 is 4.74 Å². The van der Waals surface area contributed by atoms with E-state index >= 15 is 0 Å². The lowest BCUT2D eigenvalue weighted by Gasteiger charge is -2.17. The Labute approximate surface area is 154 Å². The minimum atomic E-state index is -1.10. The van der Waals surface area contributed by atoms with Gasteiger partial charge in [-0.15, -0.1) is 0 Å². The molecule has 0 atom stereocenters. The Hall–Kier alpha value is -1.69. The molecule has 0 unspecified atom stereocenters. The molecule has 6 heteroatoms. The Morgan fingerprint density at radius 2 is 1.96 bits per heavy atom. The molecule has 3 aromatic rings. The standard InChI is InChI=1S/C19H24ClN3OSi/c1-14-9-15(5-6-21-14)17-10-16-12-22-19(20)11-18(16)23(17)13-24-7-8-25(2,3)4/h5-6,9-12H,7-8,13H2,1-4H3. The van der Waals surface area contributed by atoms with E-state index in [2.05, 4.69) is 46.3 Å². The Morgan fingerprint density at radius 3 is 2.68 bits per heavy atom. The Balaban J connectivity index is 1.95. The number of nitrogens with zero attached hydrogens (tertiary/aromatic N) is 3. The van der Waals surface area contributed by atoms with Gasteiger partial charge in [0.1, 0.15) is 11.9 Å². The number of hydrogen-bond donors (Lipinski definition) is 0. The first-order valence-electron chi connectivity index (χ1n) is 8.49. The summed E-state index contributed by atoms with van der Waals surface area (Å²) in [4.78, 5) is 8.50. The molecule has 0 aliphatic carbocycles. The van der Waals surface area contributed by atoms with Gasteiger partial charge >= 0.3 is 0 Å². The highest BCUT2D eigenvalue weighted by Gasteiger charge is 2.14. The number of aryl methyl sites for hydroxylation is 1. The Kier molecular flexibility index (Phi) is 5.27. The highest BCUT2D eigenvalue weighted by atomic mass is 35.5. The predicted octanol–water partition coefficient (Wildman–Crippen LogP) is 5.37. The van der Waals surface area contributed by atoms with Crippen LogP contribution in [-0.2, 0) is 11.5 Å². The third kappa shape index (κ3) is 4.48. The van der Waals surface area contributed by atoms with Crippen molar-refractivity contribution in [2.24, 2.45) is 0 Å². The third-order valence-corrected chi connectivity index (χ3v) is 6.07. The van der Waals surface area contributed by atoms with Gasteiger partial charge in [0.2, 0.25) is 0 Å². The van der Waals surface area contributed by atoms with Crippen LogP contribution in [0.4, 0.5) is 0 Å². The summed E-state index contributed by atoms with van der Waals surface area (Å²) in [6.45, 7) is 10.4. The van der Waals surface area contributed by atoms with Crippen LogP contribution in [0.5, 0.6) is 0 Å². The van der Waals surface area contributed by atoms with Crippen LogP contribution in [0.2, 0.25) is 30.8 Å². The summed E-state index contributed by atoms with van der Waals surface area (Å²) in [6.07, 6.45) is 3.65. The number of rotatable bonds is 6. The summed E-state index contributed by atoms with van der Waals surface area (Å²) in [5, 5.41) is 1.55. The molecule has 0 aliphatic heterocycles. The first kappa shape index (κ1) is 18.1. The summed E-state index contributed by atoms with van der Waals surface area (Å²) >= 11 is 6.12. The summed E-state index contributed by atoms with van der Waals surface area (Å²) in [5.41, 5.74) is 4.24. The molecule has 0 saturated carbocycles. The van der Waals surface area contributed by atoms with E-state index in [1.807, 2.05) is 31.5 Å². The van der Waals surface area contributed by atoms with Crippen molar-refractivity contribution >= 4 is 30.6 Å². The lowest BCUT2D eigenvalue weighted by atomic mass is 10.1. The number of pyridine rings is 2. The fourth-order valence-electron chi connectivity index (χ4n) is 2.75. The van der Waals surface area contributed by atoms with Crippen molar-refractivity contribution in [1.82, 2.24) is 14.5 Å². The van der Waals surface area contributed by atoms with Crippen LogP contribution in [0.25, 0.3) is 22.2 Å². The maximum absolute atomic E-state index is 6.12. The van der Waals surface area contributed by atoms with Gasteiger partial charge in [-0.05, 0) is 37.2 Å². The molecule has 3 rings (SSSR count). The highest BCUT2D eigenvalue weighted by molar-refractivity contribution is 6.76. The van der Waals surface area contributed by atoms with Crippen LogP contribution < -0.4 is 0 Å². The molecule has 3 aromatic heterocycles. The molecule has 0 amide bonds. The number of ether oxygens (including phenoxy) is 1.